The van der Waals surface area contributed by atoms with Gasteiger partial charge in [0.2, 0.25) is 0 Å². The van der Waals surface area contributed by atoms with Gasteiger partial charge in [0.05, 0.1) is 10.7 Å². The van der Waals surface area contributed by atoms with Crippen molar-refractivity contribution in [1.82, 2.24) is 0 Å². The van der Waals surface area contributed by atoms with Gasteiger partial charge in [-0.1, -0.05) is 60.3 Å². The minimum Gasteiger partial charge on any atom is -0.504 e. The number of thioether (sulfide) groups is 1. The Morgan fingerprint density at radius 2 is 1.85 bits per heavy atom. The second-order valence-electron chi connectivity index (χ2n) is 6.09. The van der Waals surface area contributed by atoms with Gasteiger partial charge in [-0.15, -0.1) is 0 Å². The van der Waals surface area contributed by atoms with Gasteiger partial charge in [-0.05, 0) is 47.5 Å². The van der Waals surface area contributed by atoms with Crippen molar-refractivity contribution in [2.45, 2.75) is 11.8 Å². The molecule has 1 aliphatic heterocycles. The molecule has 3 aromatic carbocycles. The molecule has 0 aliphatic carbocycles. The van der Waals surface area contributed by atoms with Crippen LogP contribution in [0.4, 0.5) is 5.69 Å². The number of benzene rings is 3. The number of phenols is 2. The van der Waals surface area contributed by atoms with Gasteiger partial charge >= 0.3 is 0 Å². The summed E-state index contributed by atoms with van der Waals surface area (Å²) in [4.78, 5) is 3.61. The van der Waals surface area contributed by atoms with Gasteiger partial charge < -0.3 is 15.1 Å². The lowest BCUT2D eigenvalue weighted by atomic mass is 10.1. The van der Waals surface area contributed by atoms with Crippen LogP contribution in [-0.4, -0.2) is 16.8 Å². The summed E-state index contributed by atoms with van der Waals surface area (Å²) < 4.78 is 0. The zero-order chi connectivity index (χ0) is 18.1. The van der Waals surface area contributed by atoms with E-state index in [2.05, 4.69) is 54.3 Å². The van der Waals surface area contributed by atoms with Crippen LogP contribution in [0.15, 0.2) is 76.7 Å². The molecule has 0 amide bonds. The molecule has 0 aromatic heterocycles. The summed E-state index contributed by atoms with van der Waals surface area (Å²) in [5, 5.41) is 22.7. The lowest BCUT2D eigenvalue weighted by Crippen LogP contribution is -2.16. The molecule has 0 saturated carbocycles. The summed E-state index contributed by atoms with van der Waals surface area (Å²) in [6, 6.07) is 17.6. The van der Waals surface area contributed by atoms with Gasteiger partial charge in [0, 0.05) is 11.4 Å². The first-order valence-corrected chi connectivity index (χ1v) is 9.36. The van der Waals surface area contributed by atoms with Crippen LogP contribution in [-0.2, 0) is 0 Å². The molecule has 0 fully saturated rings. The molecule has 1 heterocycles. The van der Waals surface area contributed by atoms with Crippen LogP contribution >= 0.6 is 11.8 Å². The normalized spacial score (nSPS) is 15.3. The fourth-order valence-electron chi connectivity index (χ4n) is 3.17. The third kappa shape index (κ3) is 2.93. The predicted octanol–water partition coefficient (Wildman–Crippen LogP) is 5.74. The minimum atomic E-state index is -0.107. The van der Waals surface area contributed by atoms with E-state index >= 15 is 0 Å². The highest BCUT2D eigenvalue weighted by atomic mass is 32.2. The van der Waals surface area contributed by atoms with Crippen LogP contribution in [0.1, 0.15) is 12.5 Å². The Labute approximate surface area is 156 Å². The van der Waals surface area contributed by atoms with E-state index in [9.17, 15) is 10.2 Å². The summed E-state index contributed by atoms with van der Waals surface area (Å²) in [6.45, 7) is 3.05. The number of hydrogen-bond acceptors (Lipinski definition) is 4. The minimum absolute atomic E-state index is 0.105. The Morgan fingerprint density at radius 3 is 2.65 bits per heavy atom. The van der Waals surface area contributed by atoms with Crippen LogP contribution in [0.3, 0.4) is 0 Å². The van der Waals surface area contributed by atoms with E-state index in [1.807, 2.05) is 12.2 Å². The molecule has 1 aliphatic rings. The third-order valence-electron chi connectivity index (χ3n) is 4.47. The van der Waals surface area contributed by atoms with E-state index in [0.29, 0.717) is 0 Å². The number of fused-ring (bicyclic) bond motifs is 3. The highest BCUT2D eigenvalue weighted by Crippen LogP contribution is 2.49. The summed E-state index contributed by atoms with van der Waals surface area (Å²) in [5.41, 5.74) is 2.09. The fourth-order valence-corrected chi connectivity index (χ4v) is 4.44. The molecule has 4 heteroatoms. The second kappa shape index (κ2) is 6.81. The smallest absolute Gasteiger partial charge is 0.157 e. The summed E-state index contributed by atoms with van der Waals surface area (Å²) in [5.74, 6) is -0.213. The Bertz CT molecular complexity index is 1040. The second-order valence-corrected chi connectivity index (χ2v) is 7.12. The third-order valence-corrected chi connectivity index (χ3v) is 5.66. The number of allylic oxidation sites excluding steroid dienone is 2. The predicted molar refractivity (Wildman–Crippen MR) is 110 cm³/mol. The lowest BCUT2D eigenvalue weighted by Gasteiger charge is -2.17. The summed E-state index contributed by atoms with van der Waals surface area (Å²) >= 11 is 1.79. The Hall–Kier alpha value is -2.85. The standard InChI is InChI=1S/C22H19NO2S/c1-2-23-18-12-11-16-7-3-4-8-17(16)22(18)26-21(23)9-5-6-15-10-13-19(24)20(25)14-15/h3-14,24-25H,2H2,1H3/b6-5+,21-9-. The van der Waals surface area contributed by atoms with E-state index in [1.54, 1.807) is 23.9 Å². The summed E-state index contributed by atoms with van der Waals surface area (Å²) in [6.07, 6.45) is 5.99. The highest BCUT2D eigenvalue weighted by Gasteiger charge is 2.25. The molecule has 26 heavy (non-hydrogen) atoms. The molecular weight excluding hydrogens is 342 g/mol. The SMILES string of the molecule is CCN1/C(=C/C=C/c2ccc(O)c(O)c2)Sc2c1ccc1ccccc21. The molecule has 130 valence electrons. The monoisotopic (exact) mass is 361 g/mol. The maximum Gasteiger partial charge on any atom is 0.157 e. The van der Waals surface area contributed by atoms with Crippen molar-refractivity contribution < 1.29 is 10.2 Å². The maximum atomic E-state index is 9.60. The molecule has 2 N–H and O–H groups in total. The Kier molecular flexibility index (Phi) is 4.35. The first kappa shape index (κ1) is 16.6. The van der Waals surface area contributed by atoms with Crippen molar-refractivity contribution in [2.24, 2.45) is 0 Å². The lowest BCUT2D eigenvalue weighted by molar-refractivity contribution is 0.403. The number of rotatable bonds is 3. The number of anilines is 1. The van der Waals surface area contributed by atoms with Gasteiger partial charge in [-0.2, -0.15) is 0 Å². The van der Waals surface area contributed by atoms with Crippen LogP contribution in [0.2, 0.25) is 0 Å². The van der Waals surface area contributed by atoms with Crippen LogP contribution in [0.5, 0.6) is 11.5 Å². The van der Waals surface area contributed by atoms with Gasteiger partial charge in [0.15, 0.2) is 11.5 Å². The molecular formula is C22H19NO2S. The molecule has 4 rings (SSSR count). The van der Waals surface area contributed by atoms with Crippen molar-refractivity contribution in [1.29, 1.82) is 0 Å². The van der Waals surface area contributed by atoms with Gasteiger partial charge in [0.25, 0.3) is 0 Å². The highest BCUT2D eigenvalue weighted by molar-refractivity contribution is 8.04. The average molecular weight is 361 g/mol. The van der Waals surface area contributed by atoms with E-state index in [1.165, 1.54) is 32.5 Å². The summed E-state index contributed by atoms with van der Waals surface area (Å²) in [7, 11) is 0. The molecule has 0 unspecified atom stereocenters. The van der Waals surface area contributed by atoms with Crippen LogP contribution in [0.25, 0.3) is 16.8 Å². The number of phenolic OH excluding ortho intramolecular Hbond substituents is 2. The Morgan fingerprint density at radius 1 is 1.00 bits per heavy atom. The molecule has 0 radical (unpaired) electrons. The first-order chi connectivity index (χ1) is 12.7. The number of aromatic hydroxyl groups is 2. The van der Waals surface area contributed by atoms with E-state index < -0.39 is 0 Å². The van der Waals surface area contributed by atoms with E-state index in [0.717, 1.165) is 12.1 Å². The quantitative estimate of drug-likeness (QED) is 0.584. The largest absolute Gasteiger partial charge is 0.504 e. The van der Waals surface area contributed by atoms with Crippen molar-refractivity contribution >= 4 is 34.3 Å². The zero-order valence-electron chi connectivity index (χ0n) is 14.4. The van der Waals surface area contributed by atoms with Crippen molar-refractivity contribution in [3.8, 4) is 11.5 Å². The molecule has 0 spiro atoms. The van der Waals surface area contributed by atoms with Gasteiger partial charge in [0.1, 0.15) is 0 Å². The fraction of sp³-hybridized carbons (Fsp3) is 0.0909. The van der Waals surface area contributed by atoms with E-state index in [-0.39, 0.29) is 11.5 Å². The molecule has 0 bridgehead atoms. The topological polar surface area (TPSA) is 43.7 Å². The first-order valence-electron chi connectivity index (χ1n) is 8.55. The zero-order valence-corrected chi connectivity index (χ0v) is 15.2. The van der Waals surface area contributed by atoms with Crippen molar-refractivity contribution in [2.75, 3.05) is 11.4 Å². The van der Waals surface area contributed by atoms with Crippen LogP contribution in [0, 0.1) is 0 Å². The maximum absolute atomic E-state index is 9.60. The van der Waals surface area contributed by atoms with Gasteiger partial charge in [-0.3, -0.25) is 0 Å². The van der Waals surface area contributed by atoms with Gasteiger partial charge in [-0.25, -0.2) is 0 Å². The molecule has 0 atom stereocenters. The Balaban J connectivity index is 1.66. The number of hydrogen-bond donors (Lipinski definition) is 2. The molecule has 3 aromatic rings. The molecule has 3 nitrogen and oxygen atoms in total. The van der Waals surface area contributed by atoms with Crippen LogP contribution < -0.4 is 4.90 Å². The van der Waals surface area contributed by atoms with Crippen molar-refractivity contribution in [3.63, 3.8) is 0 Å². The number of nitrogens with zero attached hydrogens (tertiary/aromatic N) is 1. The molecule has 0 saturated heterocycles. The van der Waals surface area contributed by atoms with Crippen molar-refractivity contribution in [3.05, 3.63) is 77.3 Å². The van der Waals surface area contributed by atoms with E-state index in [4.69, 9.17) is 0 Å². The average Bonchev–Trinajstić information content (AvgIpc) is 3.02.